The number of benzene rings is 7. The summed E-state index contributed by atoms with van der Waals surface area (Å²) in [5, 5.41) is 8.84. The van der Waals surface area contributed by atoms with Crippen molar-refractivity contribution in [2.45, 2.75) is 50.6 Å². The van der Waals surface area contributed by atoms with Gasteiger partial charge >= 0.3 is 0 Å². The van der Waals surface area contributed by atoms with Gasteiger partial charge in [-0.3, -0.25) is 4.98 Å². The summed E-state index contributed by atoms with van der Waals surface area (Å²) in [5.41, 5.74) is 17.1. The number of aromatic nitrogens is 1. The van der Waals surface area contributed by atoms with Gasteiger partial charge < -0.3 is 0 Å². The Kier molecular flexibility index (Phi) is 6.57. The molecule has 1 aromatic heterocycles. The lowest BCUT2D eigenvalue weighted by Gasteiger charge is -2.61. The molecular formula is C55H45NSi. The standard InChI is InChI=1S/C55H45NSi/c1-57(2)51-32-40(16-17-46(51)47-18-14-37-9-4-6-13-45(37)54(47)57)49-30-41(39-11-7-10-38(29-39)35-20-22-56-23-21-35)31-50-52(49)48-19-15-36-8-3-5-12-44(36)53(48)55(50)42-25-33-24-34(27-42)28-43(55)26-33/h3-23,29-34,42-43H,24-28H2,1-2H3. The summed E-state index contributed by atoms with van der Waals surface area (Å²) < 4.78 is 0. The van der Waals surface area contributed by atoms with E-state index in [0.717, 1.165) is 11.8 Å². The van der Waals surface area contributed by atoms with Crippen molar-refractivity contribution >= 4 is 40.0 Å². The molecule has 8 aromatic rings. The average Bonchev–Trinajstić information content (AvgIpc) is 3.68. The lowest BCUT2D eigenvalue weighted by Crippen LogP contribution is -2.55. The summed E-state index contributed by atoms with van der Waals surface area (Å²) >= 11 is 0. The van der Waals surface area contributed by atoms with E-state index in [2.05, 4.69) is 158 Å². The predicted octanol–water partition coefficient (Wildman–Crippen LogP) is 12.9. The van der Waals surface area contributed by atoms with Crippen LogP contribution >= 0.6 is 0 Å². The molecule has 2 heteroatoms. The zero-order valence-corrected chi connectivity index (χ0v) is 33.7. The maximum absolute atomic E-state index is 4.33. The van der Waals surface area contributed by atoms with E-state index >= 15 is 0 Å². The first kappa shape index (κ1) is 32.5. The number of pyridine rings is 1. The fourth-order valence-corrected chi connectivity index (χ4v) is 17.1. The van der Waals surface area contributed by atoms with E-state index in [4.69, 9.17) is 0 Å². The normalized spacial score (nSPS) is 24.2. The molecule has 1 spiro atoms. The van der Waals surface area contributed by atoms with Gasteiger partial charge in [0.1, 0.15) is 8.07 Å². The number of nitrogens with zero attached hydrogens (tertiary/aromatic N) is 1. The quantitative estimate of drug-likeness (QED) is 0.164. The molecule has 0 amide bonds. The Morgan fingerprint density at radius 3 is 1.89 bits per heavy atom. The van der Waals surface area contributed by atoms with Crippen molar-refractivity contribution in [3.8, 4) is 55.6 Å². The molecule has 0 saturated heterocycles. The highest BCUT2D eigenvalue weighted by molar-refractivity contribution is 7.05. The van der Waals surface area contributed by atoms with E-state index in [9.17, 15) is 0 Å². The molecule has 0 radical (unpaired) electrons. The van der Waals surface area contributed by atoms with Gasteiger partial charge in [-0.05, 0) is 185 Å². The predicted molar refractivity (Wildman–Crippen MR) is 241 cm³/mol. The highest BCUT2D eigenvalue weighted by atomic mass is 28.3. The van der Waals surface area contributed by atoms with Crippen LogP contribution in [0, 0.1) is 23.7 Å². The maximum atomic E-state index is 4.33. The molecule has 274 valence electrons. The topological polar surface area (TPSA) is 12.9 Å². The lowest BCUT2D eigenvalue weighted by atomic mass is 9.43. The molecular weight excluding hydrogens is 703 g/mol. The Labute approximate surface area is 336 Å². The van der Waals surface area contributed by atoms with E-state index < -0.39 is 8.07 Å². The largest absolute Gasteiger partial charge is 0.265 e. The minimum Gasteiger partial charge on any atom is -0.265 e. The van der Waals surface area contributed by atoms with Crippen LogP contribution in [0.2, 0.25) is 13.1 Å². The van der Waals surface area contributed by atoms with E-state index in [1.54, 1.807) is 21.5 Å². The van der Waals surface area contributed by atoms with E-state index in [-0.39, 0.29) is 5.41 Å². The van der Waals surface area contributed by atoms with Crippen LogP contribution in [0.4, 0.5) is 0 Å². The van der Waals surface area contributed by atoms with E-state index in [1.165, 1.54) is 109 Å². The molecule has 4 fully saturated rings. The van der Waals surface area contributed by atoms with E-state index in [0.29, 0.717) is 11.8 Å². The first-order chi connectivity index (χ1) is 28.0. The molecule has 7 aromatic carbocycles. The Morgan fingerprint density at radius 2 is 1.14 bits per heavy atom. The second-order valence-electron chi connectivity index (χ2n) is 18.7. The second-order valence-corrected chi connectivity index (χ2v) is 23.0. The van der Waals surface area contributed by atoms with Crippen LogP contribution in [-0.2, 0) is 5.41 Å². The molecule has 5 aliphatic carbocycles. The fourth-order valence-electron chi connectivity index (χ4n) is 13.7. The lowest BCUT2D eigenvalue weighted by molar-refractivity contribution is -0.0393. The van der Waals surface area contributed by atoms with Gasteiger partial charge in [-0.2, -0.15) is 0 Å². The molecule has 1 aliphatic heterocycles. The summed E-state index contributed by atoms with van der Waals surface area (Å²) in [4.78, 5) is 4.33. The maximum Gasteiger partial charge on any atom is 0.114 e. The number of fused-ring (bicyclic) bond motifs is 10. The summed E-state index contributed by atoms with van der Waals surface area (Å²) in [5.74, 6) is 3.14. The molecule has 2 heterocycles. The summed E-state index contributed by atoms with van der Waals surface area (Å²) in [6.07, 6.45) is 10.8. The zero-order valence-electron chi connectivity index (χ0n) is 32.7. The van der Waals surface area contributed by atoms with Gasteiger partial charge in [0.15, 0.2) is 0 Å². The Hall–Kier alpha value is -5.57. The smallest absolute Gasteiger partial charge is 0.114 e. The molecule has 4 bridgehead atoms. The Balaban J connectivity index is 1.10. The Bertz CT molecular complexity index is 2980. The minimum absolute atomic E-state index is 0.0340. The van der Waals surface area contributed by atoms with Crippen molar-refractivity contribution in [1.29, 1.82) is 0 Å². The second kappa shape index (κ2) is 11.5. The zero-order chi connectivity index (χ0) is 37.6. The molecule has 4 saturated carbocycles. The Morgan fingerprint density at radius 1 is 0.491 bits per heavy atom. The van der Waals surface area contributed by atoms with Crippen LogP contribution in [0.1, 0.15) is 43.2 Å². The number of hydrogen-bond acceptors (Lipinski definition) is 1. The first-order valence-corrected chi connectivity index (χ1v) is 24.4. The van der Waals surface area contributed by atoms with Crippen molar-refractivity contribution in [1.82, 2.24) is 4.98 Å². The molecule has 14 rings (SSSR count). The average molecular weight is 748 g/mol. The van der Waals surface area contributed by atoms with Crippen molar-refractivity contribution in [3.63, 3.8) is 0 Å². The molecule has 0 unspecified atom stereocenters. The van der Waals surface area contributed by atoms with Crippen molar-refractivity contribution in [2.24, 2.45) is 23.7 Å². The van der Waals surface area contributed by atoms with Gasteiger partial charge in [0.2, 0.25) is 0 Å². The molecule has 0 N–H and O–H groups in total. The first-order valence-electron chi connectivity index (χ1n) is 21.4. The monoisotopic (exact) mass is 747 g/mol. The van der Waals surface area contributed by atoms with Crippen LogP contribution in [0.3, 0.4) is 0 Å². The van der Waals surface area contributed by atoms with Crippen LogP contribution in [0.15, 0.2) is 152 Å². The molecule has 57 heavy (non-hydrogen) atoms. The van der Waals surface area contributed by atoms with Crippen molar-refractivity contribution in [3.05, 3.63) is 163 Å². The van der Waals surface area contributed by atoms with Crippen LogP contribution < -0.4 is 10.4 Å². The third-order valence-corrected chi connectivity index (χ3v) is 19.2. The number of hydrogen-bond donors (Lipinski definition) is 0. The SMILES string of the molecule is C[Si]1(C)c2cc(-c3cc(-c4cccc(-c5ccncc5)c4)cc4c3-c3ccc5ccccc5c3C43C4CC5CC(C4)CC3C5)ccc2-c2ccc3ccccc3c21. The van der Waals surface area contributed by atoms with Gasteiger partial charge in [0.05, 0.1) is 0 Å². The molecule has 6 aliphatic rings. The molecule has 0 atom stereocenters. The van der Waals surface area contributed by atoms with Gasteiger partial charge in [-0.1, -0.05) is 122 Å². The molecule has 1 nitrogen and oxygen atoms in total. The van der Waals surface area contributed by atoms with Crippen LogP contribution in [0.5, 0.6) is 0 Å². The highest BCUT2D eigenvalue weighted by Crippen LogP contribution is 2.71. The van der Waals surface area contributed by atoms with E-state index in [1.807, 2.05) is 12.4 Å². The highest BCUT2D eigenvalue weighted by Gasteiger charge is 2.62. The summed E-state index contributed by atoms with van der Waals surface area (Å²) in [6, 6.07) is 54.5. The third-order valence-electron chi connectivity index (χ3n) is 15.7. The van der Waals surface area contributed by atoms with Crippen LogP contribution in [0.25, 0.3) is 77.2 Å². The summed E-state index contributed by atoms with van der Waals surface area (Å²) in [7, 11) is -2.03. The van der Waals surface area contributed by atoms with Crippen molar-refractivity contribution < 1.29 is 0 Å². The minimum atomic E-state index is -2.03. The van der Waals surface area contributed by atoms with Gasteiger partial charge in [0.25, 0.3) is 0 Å². The van der Waals surface area contributed by atoms with Crippen LogP contribution in [-0.4, -0.2) is 13.1 Å². The number of rotatable bonds is 3. The van der Waals surface area contributed by atoms with Gasteiger partial charge in [-0.25, -0.2) is 0 Å². The van der Waals surface area contributed by atoms with Gasteiger partial charge in [-0.15, -0.1) is 0 Å². The summed E-state index contributed by atoms with van der Waals surface area (Å²) in [6.45, 7) is 5.18. The van der Waals surface area contributed by atoms with Crippen molar-refractivity contribution in [2.75, 3.05) is 0 Å². The fraction of sp³-hybridized carbons (Fsp3) is 0.218. The van der Waals surface area contributed by atoms with Gasteiger partial charge in [0, 0.05) is 17.8 Å². The third kappa shape index (κ3) is 4.32.